The Morgan fingerprint density at radius 2 is 1.12 bits per heavy atom. The molecule has 2 saturated heterocycles. The van der Waals surface area contributed by atoms with Gasteiger partial charge in [-0.1, -0.05) is 24.3 Å². The number of benzene rings is 1. The van der Waals surface area contributed by atoms with Crippen LogP contribution in [0, 0.1) is 11.8 Å². The Kier molecular flexibility index (Phi) is 5.01. The summed E-state index contributed by atoms with van der Waals surface area (Å²) < 4.78 is 23.1. The van der Waals surface area contributed by atoms with Gasteiger partial charge in [0.1, 0.15) is 0 Å². The average Bonchev–Trinajstić information content (AvgIpc) is 3.57. The number of fused-ring (bicyclic) bond motifs is 2. The van der Waals surface area contributed by atoms with Crippen LogP contribution >= 0.6 is 0 Å². The van der Waals surface area contributed by atoms with Crippen molar-refractivity contribution in [2.24, 2.45) is 11.8 Å². The molecule has 0 bridgehead atoms. The molecule has 1 aromatic carbocycles. The van der Waals surface area contributed by atoms with Crippen molar-refractivity contribution in [1.29, 1.82) is 0 Å². The molecule has 2 heterocycles. The fourth-order valence-corrected chi connectivity index (χ4v) is 4.69. The van der Waals surface area contributed by atoms with Gasteiger partial charge in [0.25, 0.3) is 0 Å². The summed E-state index contributed by atoms with van der Waals surface area (Å²) in [6.07, 6.45) is 9.59. The quantitative estimate of drug-likeness (QED) is 0.662. The molecule has 0 amide bonds. The van der Waals surface area contributed by atoms with Gasteiger partial charge in [-0.05, 0) is 61.5 Å². The molecule has 4 nitrogen and oxygen atoms in total. The van der Waals surface area contributed by atoms with Gasteiger partial charge in [-0.25, -0.2) is 0 Å². The normalized spacial score (nSPS) is 37.7. The molecule has 5 rings (SSSR count). The van der Waals surface area contributed by atoms with Crippen LogP contribution < -0.4 is 0 Å². The molecule has 0 aromatic heterocycles. The van der Waals surface area contributed by atoms with Crippen LogP contribution in [0.25, 0.3) is 0 Å². The van der Waals surface area contributed by atoms with Gasteiger partial charge in [-0.15, -0.1) is 0 Å². The Balaban J connectivity index is 0.987. The number of hydrogen-bond donors (Lipinski definition) is 0. The maximum Gasteiger partial charge on any atom is 0.0845 e. The summed E-state index contributed by atoms with van der Waals surface area (Å²) in [6.45, 7) is 3.14. The molecular weight excluding hydrogens is 328 g/mol. The van der Waals surface area contributed by atoms with Gasteiger partial charge < -0.3 is 18.9 Å². The summed E-state index contributed by atoms with van der Waals surface area (Å²) >= 11 is 0. The standard InChI is InChI=1S/C22H30O4/c1-2-16(12-24-14-18-6-8-20-22(10-18)26-20)4-3-15(1)11-23-13-17-5-7-19-21(9-17)25-19/h1-4,17-22H,5-14H2. The van der Waals surface area contributed by atoms with Crippen molar-refractivity contribution in [1.82, 2.24) is 0 Å². The largest absolute Gasteiger partial charge is 0.376 e. The summed E-state index contributed by atoms with van der Waals surface area (Å²) in [7, 11) is 0. The first kappa shape index (κ1) is 17.2. The van der Waals surface area contributed by atoms with Crippen LogP contribution in [-0.4, -0.2) is 37.6 Å². The highest BCUT2D eigenvalue weighted by molar-refractivity contribution is 5.21. The van der Waals surface area contributed by atoms with Crippen LogP contribution in [0.1, 0.15) is 49.7 Å². The molecule has 6 unspecified atom stereocenters. The molecule has 2 saturated carbocycles. The highest BCUT2D eigenvalue weighted by Crippen LogP contribution is 2.40. The van der Waals surface area contributed by atoms with Crippen molar-refractivity contribution < 1.29 is 18.9 Å². The number of rotatable bonds is 8. The highest BCUT2D eigenvalue weighted by Gasteiger charge is 2.44. The first-order valence-corrected chi connectivity index (χ1v) is 10.4. The summed E-state index contributed by atoms with van der Waals surface area (Å²) in [5.41, 5.74) is 2.49. The zero-order valence-corrected chi connectivity index (χ0v) is 15.5. The Morgan fingerprint density at radius 3 is 1.54 bits per heavy atom. The summed E-state index contributed by atoms with van der Waals surface area (Å²) in [5, 5.41) is 0. The van der Waals surface area contributed by atoms with Gasteiger partial charge in [0.2, 0.25) is 0 Å². The Labute approximate surface area is 156 Å². The molecule has 4 heteroatoms. The van der Waals surface area contributed by atoms with Crippen LogP contribution in [0.3, 0.4) is 0 Å². The van der Waals surface area contributed by atoms with Crippen LogP contribution in [-0.2, 0) is 32.2 Å². The van der Waals surface area contributed by atoms with E-state index in [1.54, 1.807) is 0 Å². The molecular formula is C22H30O4. The summed E-state index contributed by atoms with van der Waals surface area (Å²) in [6, 6.07) is 8.68. The lowest BCUT2D eigenvalue weighted by molar-refractivity contribution is 0.0750. The molecule has 6 atom stereocenters. The van der Waals surface area contributed by atoms with Gasteiger partial charge in [0.15, 0.2) is 0 Å². The molecule has 0 spiro atoms. The van der Waals surface area contributed by atoms with Crippen molar-refractivity contribution >= 4 is 0 Å². The molecule has 0 N–H and O–H groups in total. The van der Waals surface area contributed by atoms with Crippen molar-refractivity contribution in [2.45, 2.75) is 76.2 Å². The lowest BCUT2D eigenvalue weighted by Gasteiger charge is -2.19. The van der Waals surface area contributed by atoms with E-state index in [0.717, 1.165) is 13.2 Å². The lowest BCUT2D eigenvalue weighted by atomic mass is 9.90. The first-order chi connectivity index (χ1) is 12.8. The molecule has 4 fully saturated rings. The first-order valence-electron chi connectivity index (χ1n) is 10.4. The zero-order valence-electron chi connectivity index (χ0n) is 15.5. The van der Waals surface area contributed by atoms with Crippen LogP contribution in [0.2, 0.25) is 0 Å². The predicted molar refractivity (Wildman–Crippen MR) is 97.8 cm³/mol. The van der Waals surface area contributed by atoms with E-state index in [1.165, 1.54) is 49.7 Å². The highest BCUT2D eigenvalue weighted by atomic mass is 16.6. The summed E-state index contributed by atoms with van der Waals surface area (Å²) in [4.78, 5) is 0. The second kappa shape index (κ2) is 7.59. The summed E-state index contributed by atoms with van der Waals surface area (Å²) in [5.74, 6) is 1.37. The second-order valence-corrected chi connectivity index (χ2v) is 8.63. The fourth-order valence-electron chi connectivity index (χ4n) is 4.69. The number of ether oxygens (including phenoxy) is 4. The second-order valence-electron chi connectivity index (χ2n) is 8.63. The van der Waals surface area contributed by atoms with Gasteiger partial charge in [0, 0.05) is 13.2 Å². The molecule has 4 aliphatic rings. The van der Waals surface area contributed by atoms with E-state index >= 15 is 0 Å². The van der Waals surface area contributed by atoms with Crippen molar-refractivity contribution in [2.75, 3.05) is 13.2 Å². The van der Waals surface area contributed by atoms with E-state index in [2.05, 4.69) is 24.3 Å². The Morgan fingerprint density at radius 1 is 0.654 bits per heavy atom. The fraction of sp³-hybridized carbons (Fsp3) is 0.727. The molecule has 1 aromatic rings. The smallest absolute Gasteiger partial charge is 0.0845 e. The van der Waals surface area contributed by atoms with Gasteiger partial charge >= 0.3 is 0 Å². The topological polar surface area (TPSA) is 43.5 Å². The minimum Gasteiger partial charge on any atom is -0.376 e. The number of epoxide rings is 2. The average molecular weight is 358 g/mol. The van der Waals surface area contributed by atoms with Crippen LogP contribution in [0.15, 0.2) is 24.3 Å². The molecule has 2 aliphatic heterocycles. The minimum atomic E-state index is 0.545. The van der Waals surface area contributed by atoms with Crippen LogP contribution in [0.4, 0.5) is 0 Å². The predicted octanol–water partition coefficient (Wildman–Crippen LogP) is 3.85. The van der Waals surface area contributed by atoms with Gasteiger partial charge in [0.05, 0.1) is 37.6 Å². The van der Waals surface area contributed by atoms with E-state index in [9.17, 15) is 0 Å². The van der Waals surface area contributed by atoms with Gasteiger partial charge in [-0.2, -0.15) is 0 Å². The maximum atomic E-state index is 5.94. The lowest BCUT2D eigenvalue weighted by Crippen LogP contribution is -2.18. The van der Waals surface area contributed by atoms with Gasteiger partial charge in [-0.3, -0.25) is 0 Å². The third kappa shape index (κ3) is 4.30. The molecule has 2 aliphatic carbocycles. The van der Waals surface area contributed by atoms with E-state index < -0.39 is 0 Å². The van der Waals surface area contributed by atoms with E-state index in [-0.39, 0.29) is 0 Å². The monoisotopic (exact) mass is 358 g/mol. The zero-order chi connectivity index (χ0) is 17.3. The number of hydrogen-bond acceptors (Lipinski definition) is 4. The molecule has 0 radical (unpaired) electrons. The Bertz CT molecular complexity index is 548. The minimum absolute atomic E-state index is 0.545. The molecule has 142 valence electrons. The van der Waals surface area contributed by atoms with Crippen LogP contribution in [0.5, 0.6) is 0 Å². The molecule has 26 heavy (non-hydrogen) atoms. The van der Waals surface area contributed by atoms with Crippen molar-refractivity contribution in [3.05, 3.63) is 35.4 Å². The third-order valence-electron chi connectivity index (χ3n) is 6.49. The van der Waals surface area contributed by atoms with E-state index in [1.807, 2.05) is 0 Å². The third-order valence-corrected chi connectivity index (χ3v) is 6.49. The Hall–Kier alpha value is -0.940. The van der Waals surface area contributed by atoms with E-state index in [4.69, 9.17) is 18.9 Å². The SMILES string of the molecule is c1cc(COCC2CCC3OC3C2)ccc1COCC1CCC2OC2C1. The maximum absolute atomic E-state index is 5.94. The van der Waals surface area contributed by atoms with Crippen molar-refractivity contribution in [3.63, 3.8) is 0 Å². The van der Waals surface area contributed by atoms with Crippen molar-refractivity contribution in [3.8, 4) is 0 Å². The van der Waals surface area contributed by atoms with E-state index in [0.29, 0.717) is 49.5 Å².